The van der Waals surface area contributed by atoms with Crippen molar-refractivity contribution in [1.29, 1.82) is 0 Å². The zero-order valence-corrected chi connectivity index (χ0v) is 14.5. The third-order valence-corrected chi connectivity index (χ3v) is 6.44. The molecular weight excluding hydrogens is 354 g/mol. The van der Waals surface area contributed by atoms with Crippen molar-refractivity contribution in [3.63, 3.8) is 0 Å². The molecule has 2 aromatic rings. The van der Waals surface area contributed by atoms with Crippen LogP contribution in [0, 0.1) is 0 Å². The van der Waals surface area contributed by atoms with E-state index < -0.39 is 0 Å². The maximum absolute atomic E-state index is 5.38. The molecule has 1 aliphatic heterocycles. The van der Waals surface area contributed by atoms with Crippen molar-refractivity contribution in [3.05, 3.63) is 32.9 Å². The van der Waals surface area contributed by atoms with Gasteiger partial charge < -0.3 is 4.74 Å². The van der Waals surface area contributed by atoms with Crippen molar-refractivity contribution in [3.8, 4) is 9.75 Å². The van der Waals surface area contributed by atoms with E-state index in [1.54, 1.807) is 11.3 Å². The molecule has 0 amide bonds. The average molecular weight is 372 g/mol. The van der Waals surface area contributed by atoms with Crippen molar-refractivity contribution < 1.29 is 4.74 Å². The number of nitrogens with zero attached hydrogens (tertiary/aromatic N) is 1. The molecule has 3 rings (SSSR count). The van der Waals surface area contributed by atoms with Gasteiger partial charge in [0.1, 0.15) is 0 Å². The fourth-order valence-corrected chi connectivity index (χ4v) is 4.92. The highest BCUT2D eigenvalue weighted by molar-refractivity contribution is 9.11. The molecule has 1 saturated heterocycles. The van der Waals surface area contributed by atoms with Crippen LogP contribution in [0.4, 0.5) is 0 Å². The molecule has 1 aliphatic rings. The zero-order chi connectivity index (χ0) is 13.8. The van der Waals surface area contributed by atoms with Gasteiger partial charge in [-0.15, -0.1) is 22.7 Å². The summed E-state index contributed by atoms with van der Waals surface area (Å²) in [6, 6.07) is 8.86. The van der Waals surface area contributed by atoms with Gasteiger partial charge in [-0.05, 0) is 59.6 Å². The van der Waals surface area contributed by atoms with Gasteiger partial charge in [0.05, 0.1) is 17.0 Å². The quantitative estimate of drug-likeness (QED) is 0.766. The van der Waals surface area contributed by atoms with E-state index in [2.05, 4.69) is 45.1 Å². The minimum atomic E-state index is 0.899. The second kappa shape index (κ2) is 7.18. The van der Waals surface area contributed by atoms with Crippen LogP contribution in [0.15, 0.2) is 28.1 Å². The smallest absolute Gasteiger partial charge is 0.0705 e. The van der Waals surface area contributed by atoms with E-state index in [0.717, 1.165) is 26.3 Å². The molecule has 108 valence electrons. The van der Waals surface area contributed by atoms with Crippen LogP contribution in [0.2, 0.25) is 0 Å². The SMILES string of the molecule is Brc1ccc(-c2ccc(CCCN3CCOCC3)s2)s1. The van der Waals surface area contributed by atoms with Crippen LogP contribution in [0.25, 0.3) is 9.75 Å². The number of ether oxygens (including phenoxy) is 1. The number of halogens is 1. The van der Waals surface area contributed by atoms with Crippen LogP contribution in [0.5, 0.6) is 0 Å². The van der Waals surface area contributed by atoms with Gasteiger partial charge in [-0.3, -0.25) is 4.90 Å². The van der Waals surface area contributed by atoms with E-state index in [1.807, 2.05) is 11.3 Å². The van der Waals surface area contributed by atoms with E-state index in [9.17, 15) is 0 Å². The maximum atomic E-state index is 5.38. The Hall–Kier alpha value is -0.200. The summed E-state index contributed by atoms with van der Waals surface area (Å²) in [5, 5.41) is 0. The highest BCUT2D eigenvalue weighted by Gasteiger charge is 2.10. The molecular formula is C15H18BrNOS2. The molecule has 0 aromatic carbocycles. The normalized spacial score (nSPS) is 16.6. The van der Waals surface area contributed by atoms with Gasteiger partial charge in [0.15, 0.2) is 0 Å². The first-order chi connectivity index (χ1) is 9.81. The largest absolute Gasteiger partial charge is 0.379 e. The molecule has 0 N–H and O–H groups in total. The Kier molecular flexibility index (Phi) is 5.29. The van der Waals surface area contributed by atoms with Crippen molar-refractivity contribution in [2.45, 2.75) is 12.8 Å². The second-order valence-corrected chi connectivity index (χ2v) is 8.56. The van der Waals surface area contributed by atoms with E-state index in [1.165, 1.54) is 37.8 Å². The first kappa shape index (κ1) is 14.7. The Morgan fingerprint density at radius 2 is 1.80 bits per heavy atom. The van der Waals surface area contributed by atoms with Gasteiger partial charge in [0.2, 0.25) is 0 Å². The predicted octanol–water partition coefficient (Wildman–Crippen LogP) is 4.50. The molecule has 0 saturated carbocycles. The Balaban J connectivity index is 1.50. The molecule has 0 radical (unpaired) electrons. The molecule has 0 aliphatic carbocycles. The molecule has 0 atom stereocenters. The number of morpholine rings is 1. The molecule has 0 spiro atoms. The molecule has 20 heavy (non-hydrogen) atoms. The van der Waals surface area contributed by atoms with E-state index in [-0.39, 0.29) is 0 Å². The maximum Gasteiger partial charge on any atom is 0.0705 e. The summed E-state index contributed by atoms with van der Waals surface area (Å²) in [6.45, 7) is 5.19. The molecule has 1 fully saturated rings. The Bertz CT molecular complexity index is 546. The standard InChI is InChI=1S/C15H18BrNOS2/c16-15-6-5-14(20-15)13-4-3-12(19-13)2-1-7-17-8-10-18-11-9-17/h3-6H,1-2,7-11H2. The molecule has 0 bridgehead atoms. The molecule has 3 heterocycles. The van der Waals surface area contributed by atoms with Gasteiger partial charge >= 0.3 is 0 Å². The zero-order valence-electron chi connectivity index (χ0n) is 11.3. The van der Waals surface area contributed by atoms with Crippen molar-refractivity contribution in [1.82, 2.24) is 4.90 Å². The summed E-state index contributed by atoms with van der Waals surface area (Å²) in [6.07, 6.45) is 2.43. The highest BCUT2D eigenvalue weighted by atomic mass is 79.9. The van der Waals surface area contributed by atoms with E-state index in [4.69, 9.17) is 4.74 Å². The van der Waals surface area contributed by atoms with Crippen molar-refractivity contribution in [2.24, 2.45) is 0 Å². The van der Waals surface area contributed by atoms with Gasteiger partial charge in [-0.2, -0.15) is 0 Å². The molecule has 5 heteroatoms. The fourth-order valence-electron chi connectivity index (χ4n) is 2.39. The number of aryl methyl sites for hydroxylation is 1. The number of hydrogen-bond acceptors (Lipinski definition) is 4. The second-order valence-electron chi connectivity index (χ2n) is 4.93. The lowest BCUT2D eigenvalue weighted by molar-refractivity contribution is 0.0375. The Morgan fingerprint density at radius 3 is 2.55 bits per heavy atom. The summed E-state index contributed by atoms with van der Waals surface area (Å²) >= 11 is 7.27. The monoisotopic (exact) mass is 371 g/mol. The summed E-state index contributed by atoms with van der Waals surface area (Å²) < 4.78 is 6.58. The summed E-state index contributed by atoms with van der Waals surface area (Å²) in [5.41, 5.74) is 0. The first-order valence-electron chi connectivity index (χ1n) is 6.96. The van der Waals surface area contributed by atoms with Crippen LogP contribution in [0.3, 0.4) is 0 Å². The third-order valence-electron chi connectivity index (χ3n) is 3.48. The van der Waals surface area contributed by atoms with Gasteiger partial charge in [0.25, 0.3) is 0 Å². The Morgan fingerprint density at radius 1 is 1.05 bits per heavy atom. The van der Waals surface area contributed by atoms with Crippen LogP contribution < -0.4 is 0 Å². The van der Waals surface area contributed by atoms with Crippen LogP contribution in [0.1, 0.15) is 11.3 Å². The van der Waals surface area contributed by atoms with Crippen LogP contribution in [-0.4, -0.2) is 37.7 Å². The minimum absolute atomic E-state index is 0.899. The van der Waals surface area contributed by atoms with Gasteiger partial charge in [0, 0.05) is 27.7 Å². The van der Waals surface area contributed by atoms with E-state index in [0.29, 0.717) is 0 Å². The lowest BCUT2D eigenvalue weighted by Gasteiger charge is -2.26. The van der Waals surface area contributed by atoms with Crippen LogP contribution >= 0.6 is 38.6 Å². The lowest BCUT2D eigenvalue weighted by atomic mass is 10.2. The summed E-state index contributed by atoms with van der Waals surface area (Å²) in [5.74, 6) is 0. The van der Waals surface area contributed by atoms with Crippen molar-refractivity contribution in [2.75, 3.05) is 32.8 Å². The number of rotatable bonds is 5. The van der Waals surface area contributed by atoms with Crippen molar-refractivity contribution >= 4 is 38.6 Å². The lowest BCUT2D eigenvalue weighted by Crippen LogP contribution is -2.36. The highest BCUT2D eigenvalue weighted by Crippen LogP contribution is 2.35. The predicted molar refractivity (Wildman–Crippen MR) is 90.9 cm³/mol. The summed E-state index contributed by atoms with van der Waals surface area (Å²) in [7, 11) is 0. The van der Waals surface area contributed by atoms with E-state index >= 15 is 0 Å². The summed E-state index contributed by atoms with van der Waals surface area (Å²) in [4.78, 5) is 6.76. The first-order valence-corrected chi connectivity index (χ1v) is 9.38. The average Bonchev–Trinajstić information content (AvgIpc) is 3.09. The number of thiophene rings is 2. The fraction of sp³-hybridized carbons (Fsp3) is 0.467. The number of hydrogen-bond donors (Lipinski definition) is 0. The van der Waals surface area contributed by atoms with Gasteiger partial charge in [-0.25, -0.2) is 0 Å². The minimum Gasteiger partial charge on any atom is -0.379 e. The molecule has 2 aromatic heterocycles. The molecule has 0 unspecified atom stereocenters. The molecule has 2 nitrogen and oxygen atoms in total. The van der Waals surface area contributed by atoms with Gasteiger partial charge in [-0.1, -0.05) is 0 Å². The van der Waals surface area contributed by atoms with Crippen LogP contribution in [-0.2, 0) is 11.2 Å². The third kappa shape index (κ3) is 3.92. The topological polar surface area (TPSA) is 12.5 Å². The Labute approximate surface area is 136 Å².